The van der Waals surface area contributed by atoms with Crippen LogP contribution >= 0.6 is 0 Å². The van der Waals surface area contributed by atoms with E-state index in [0.717, 1.165) is 17.8 Å². The quantitative estimate of drug-likeness (QED) is 0.826. The Balaban J connectivity index is 1.80. The number of benzene rings is 1. The second kappa shape index (κ2) is 6.12. The highest BCUT2D eigenvalue weighted by Crippen LogP contribution is 2.47. The van der Waals surface area contributed by atoms with E-state index in [1.54, 1.807) is 0 Å². The Bertz CT molecular complexity index is 975. The molecular formula is C18H16F3NO4S. The van der Waals surface area contributed by atoms with Crippen LogP contribution in [-0.4, -0.2) is 26.3 Å². The number of rotatable bonds is 2. The van der Waals surface area contributed by atoms with Gasteiger partial charge in [0.15, 0.2) is 15.6 Å². The number of sulfone groups is 1. The average Bonchev–Trinajstić information content (AvgIpc) is 2.88. The van der Waals surface area contributed by atoms with Crippen LogP contribution in [0.15, 0.2) is 46.1 Å². The summed E-state index contributed by atoms with van der Waals surface area (Å²) in [5.74, 6) is -1.34. The summed E-state index contributed by atoms with van der Waals surface area (Å²) in [5.41, 5.74) is 2.19. The molecule has 5 nitrogen and oxygen atoms in total. The normalized spacial score (nSPS) is 24.4. The fraction of sp³-hybridized carbons (Fsp3) is 0.389. The van der Waals surface area contributed by atoms with Crippen molar-refractivity contribution < 1.29 is 31.1 Å². The summed E-state index contributed by atoms with van der Waals surface area (Å²) < 4.78 is 66.2. The van der Waals surface area contributed by atoms with Gasteiger partial charge in [0.05, 0.1) is 16.6 Å². The third-order valence-electron chi connectivity index (χ3n) is 5.01. The molecule has 0 saturated carbocycles. The first-order valence-corrected chi connectivity index (χ1v) is 10.2. The lowest BCUT2D eigenvalue weighted by molar-refractivity contribution is -0.274. The molecule has 0 saturated heterocycles. The molecule has 3 aliphatic rings. The van der Waals surface area contributed by atoms with Crippen LogP contribution in [0.1, 0.15) is 37.2 Å². The van der Waals surface area contributed by atoms with Crippen LogP contribution in [-0.2, 0) is 14.6 Å². The molecule has 0 radical (unpaired) electrons. The van der Waals surface area contributed by atoms with Crippen molar-refractivity contribution in [3.05, 3.63) is 51.7 Å². The molecule has 1 atom stereocenters. The number of dihydropyridines is 1. The third-order valence-corrected chi connectivity index (χ3v) is 6.90. The Morgan fingerprint density at radius 3 is 2.41 bits per heavy atom. The summed E-state index contributed by atoms with van der Waals surface area (Å²) in [7, 11) is -3.54. The molecule has 0 amide bonds. The van der Waals surface area contributed by atoms with Gasteiger partial charge in [0.25, 0.3) is 0 Å². The Labute approximate surface area is 153 Å². The van der Waals surface area contributed by atoms with Crippen LogP contribution in [0.4, 0.5) is 13.2 Å². The molecule has 0 aromatic heterocycles. The number of hydrogen-bond acceptors (Lipinski definition) is 5. The lowest BCUT2D eigenvalue weighted by Gasteiger charge is -2.33. The molecule has 2 heterocycles. The van der Waals surface area contributed by atoms with Gasteiger partial charge in [0.2, 0.25) is 0 Å². The number of carbonyl (C=O) groups is 1. The number of nitrogens with one attached hydrogen (secondary N) is 1. The first-order chi connectivity index (χ1) is 12.7. The Kier molecular flexibility index (Phi) is 4.10. The van der Waals surface area contributed by atoms with Gasteiger partial charge in [-0.1, -0.05) is 12.1 Å². The molecule has 4 rings (SSSR count). The van der Waals surface area contributed by atoms with Crippen LogP contribution in [0.25, 0.3) is 0 Å². The highest BCUT2D eigenvalue weighted by atomic mass is 32.2. The fourth-order valence-electron chi connectivity index (χ4n) is 3.96. The summed E-state index contributed by atoms with van der Waals surface area (Å²) in [6.45, 7) is 0. The summed E-state index contributed by atoms with van der Waals surface area (Å²) >= 11 is 0. The summed E-state index contributed by atoms with van der Waals surface area (Å²) in [6, 6.07) is 5.06. The fourth-order valence-corrected chi connectivity index (χ4v) is 5.79. The van der Waals surface area contributed by atoms with Gasteiger partial charge in [-0.3, -0.25) is 4.79 Å². The molecular weight excluding hydrogens is 383 g/mol. The maximum atomic E-state index is 12.6. The van der Waals surface area contributed by atoms with Crippen LogP contribution in [0.5, 0.6) is 5.75 Å². The maximum absolute atomic E-state index is 12.6. The van der Waals surface area contributed by atoms with E-state index in [2.05, 4.69) is 10.1 Å². The van der Waals surface area contributed by atoms with Gasteiger partial charge >= 0.3 is 6.36 Å². The zero-order valence-electron chi connectivity index (χ0n) is 14.1. The second-order valence-electron chi connectivity index (χ2n) is 6.76. The second-order valence-corrected chi connectivity index (χ2v) is 8.83. The van der Waals surface area contributed by atoms with Gasteiger partial charge in [0, 0.05) is 29.8 Å². The zero-order chi connectivity index (χ0) is 19.4. The van der Waals surface area contributed by atoms with Crippen molar-refractivity contribution in [2.24, 2.45) is 0 Å². The molecule has 1 unspecified atom stereocenters. The van der Waals surface area contributed by atoms with E-state index in [0.29, 0.717) is 42.5 Å². The highest BCUT2D eigenvalue weighted by molar-refractivity contribution is 7.95. The van der Waals surface area contributed by atoms with E-state index in [1.165, 1.54) is 12.1 Å². The Hall–Kier alpha value is -2.29. The predicted octanol–water partition coefficient (Wildman–Crippen LogP) is 3.31. The molecule has 9 heteroatoms. The summed E-state index contributed by atoms with van der Waals surface area (Å²) in [4.78, 5) is 12.7. The molecule has 1 aromatic rings. The van der Waals surface area contributed by atoms with Gasteiger partial charge in [-0.25, -0.2) is 8.42 Å². The topological polar surface area (TPSA) is 72.5 Å². The third kappa shape index (κ3) is 3.24. The lowest BCUT2D eigenvalue weighted by Crippen LogP contribution is -2.32. The van der Waals surface area contributed by atoms with E-state index < -0.39 is 27.9 Å². The van der Waals surface area contributed by atoms with E-state index in [-0.39, 0.29) is 16.4 Å². The Morgan fingerprint density at radius 2 is 1.74 bits per heavy atom. The maximum Gasteiger partial charge on any atom is 0.573 e. The minimum absolute atomic E-state index is 0.0365. The van der Waals surface area contributed by atoms with Crippen LogP contribution in [0.3, 0.4) is 0 Å². The average molecular weight is 399 g/mol. The van der Waals surface area contributed by atoms with Crippen LogP contribution < -0.4 is 10.1 Å². The smallest absolute Gasteiger partial charge is 0.406 e. The number of carbonyl (C=O) groups excluding carboxylic acids is 1. The van der Waals surface area contributed by atoms with Crippen molar-refractivity contribution in [3.8, 4) is 5.75 Å². The van der Waals surface area contributed by atoms with Gasteiger partial charge < -0.3 is 10.1 Å². The van der Waals surface area contributed by atoms with E-state index >= 15 is 0 Å². The number of ketones is 1. The molecule has 1 aromatic carbocycles. The number of ether oxygens (including phenoxy) is 1. The first kappa shape index (κ1) is 18.1. The summed E-state index contributed by atoms with van der Waals surface area (Å²) in [6.07, 6.45) is -2.81. The number of Topliss-reactive ketones (excluding diaryl/α,β-unsaturated/α-hetero) is 1. The molecule has 27 heavy (non-hydrogen) atoms. The SMILES string of the molecule is O=C1CCCC2=C1C(c1ccc(OC(F)(F)F)cc1)C1=C(CCS1(=O)=O)N2. The molecule has 144 valence electrons. The monoisotopic (exact) mass is 399 g/mol. The van der Waals surface area contributed by atoms with Crippen LogP contribution in [0, 0.1) is 0 Å². The van der Waals surface area contributed by atoms with Crippen molar-refractivity contribution in [2.45, 2.75) is 38.0 Å². The molecule has 0 spiro atoms. The van der Waals surface area contributed by atoms with Crippen molar-refractivity contribution >= 4 is 15.6 Å². The van der Waals surface area contributed by atoms with Gasteiger partial charge in [-0.05, 0) is 30.5 Å². The number of halogens is 3. The van der Waals surface area contributed by atoms with Gasteiger partial charge in [0.1, 0.15) is 5.75 Å². The standard InChI is InChI=1S/C18H16F3NO4S/c19-18(20,21)26-11-6-4-10(5-7-11)15-16-12(2-1-3-14(16)23)22-13-8-9-27(24,25)17(13)15/h4-7,15,22H,1-3,8-9H2. The van der Waals surface area contributed by atoms with Crippen molar-refractivity contribution in [2.75, 3.05) is 5.75 Å². The predicted molar refractivity (Wildman–Crippen MR) is 90.3 cm³/mol. The lowest BCUT2D eigenvalue weighted by atomic mass is 9.79. The molecule has 1 N–H and O–H groups in total. The first-order valence-electron chi connectivity index (χ1n) is 8.50. The van der Waals surface area contributed by atoms with Gasteiger partial charge in [-0.2, -0.15) is 0 Å². The van der Waals surface area contributed by atoms with Crippen molar-refractivity contribution in [1.82, 2.24) is 5.32 Å². The van der Waals surface area contributed by atoms with Crippen molar-refractivity contribution in [1.29, 1.82) is 0 Å². The highest BCUT2D eigenvalue weighted by Gasteiger charge is 2.44. The largest absolute Gasteiger partial charge is 0.573 e. The number of allylic oxidation sites excluding steroid dienone is 4. The molecule has 0 bridgehead atoms. The Morgan fingerprint density at radius 1 is 1.04 bits per heavy atom. The van der Waals surface area contributed by atoms with E-state index in [1.807, 2.05) is 0 Å². The number of hydrogen-bond donors (Lipinski definition) is 1. The van der Waals surface area contributed by atoms with E-state index in [9.17, 15) is 26.4 Å². The molecule has 1 aliphatic carbocycles. The van der Waals surface area contributed by atoms with E-state index in [4.69, 9.17) is 0 Å². The summed E-state index contributed by atoms with van der Waals surface area (Å²) in [5, 5.41) is 3.13. The van der Waals surface area contributed by atoms with Crippen LogP contribution in [0.2, 0.25) is 0 Å². The van der Waals surface area contributed by atoms with Gasteiger partial charge in [-0.15, -0.1) is 13.2 Å². The zero-order valence-corrected chi connectivity index (χ0v) is 14.9. The van der Waals surface area contributed by atoms with Crippen molar-refractivity contribution in [3.63, 3.8) is 0 Å². The number of alkyl halides is 3. The molecule has 2 aliphatic heterocycles. The minimum atomic E-state index is -4.81. The molecule has 0 fully saturated rings. The minimum Gasteiger partial charge on any atom is -0.406 e.